The van der Waals surface area contributed by atoms with Crippen LogP contribution >= 0.6 is 0 Å². The third-order valence-corrected chi connectivity index (χ3v) is 3.84. The summed E-state index contributed by atoms with van der Waals surface area (Å²) in [5, 5.41) is 7.36. The minimum absolute atomic E-state index is 0.0334. The lowest BCUT2D eigenvalue weighted by atomic mass is 10.0. The first-order chi connectivity index (χ1) is 9.32. The minimum atomic E-state index is 0.0334. The molecular formula is C15H28N4O. The van der Waals surface area contributed by atoms with Gasteiger partial charge in [0.2, 0.25) is 5.91 Å². The Bertz CT molecular complexity index is 451. The molecule has 3 N–H and O–H groups in total. The van der Waals surface area contributed by atoms with Crippen LogP contribution in [0.15, 0.2) is 0 Å². The van der Waals surface area contributed by atoms with Crippen LogP contribution in [0.25, 0.3) is 0 Å². The van der Waals surface area contributed by atoms with Crippen LogP contribution in [0.1, 0.15) is 50.1 Å². The Hall–Kier alpha value is -1.36. The molecule has 0 aromatic carbocycles. The molecule has 0 aliphatic heterocycles. The maximum Gasteiger partial charge on any atom is 0.223 e. The van der Waals surface area contributed by atoms with Crippen molar-refractivity contribution >= 4 is 5.91 Å². The van der Waals surface area contributed by atoms with E-state index in [9.17, 15) is 4.79 Å². The van der Waals surface area contributed by atoms with Gasteiger partial charge in [0.25, 0.3) is 0 Å². The van der Waals surface area contributed by atoms with Crippen molar-refractivity contribution < 1.29 is 4.79 Å². The quantitative estimate of drug-likeness (QED) is 0.800. The van der Waals surface area contributed by atoms with Gasteiger partial charge in [-0.3, -0.25) is 9.48 Å². The fraction of sp³-hybridized carbons (Fsp3) is 0.733. The van der Waals surface area contributed by atoms with Crippen LogP contribution in [-0.4, -0.2) is 21.7 Å². The second-order valence-corrected chi connectivity index (χ2v) is 5.80. The van der Waals surface area contributed by atoms with Gasteiger partial charge in [-0.05, 0) is 33.6 Å². The molecule has 2 atom stereocenters. The van der Waals surface area contributed by atoms with Crippen molar-refractivity contribution in [3.05, 3.63) is 17.0 Å². The lowest BCUT2D eigenvalue weighted by Crippen LogP contribution is -2.29. The molecule has 0 fully saturated rings. The van der Waals surface area contributed by atoms with Gasteiger partial charge in [-0.2, -0.15) is 5.10 Å². The Labute approximate surface area is 121 Å². The van der Waals surface area contributed by atoms with Crippen molar-refractivity contribution in [3.8, 4) is 0 Å². The summed E-state index contributed by atoms with van der Waals surface area (Å²) in [6.45, 7) is 8.52. The van der Waals surface area contributed by atoms with Crippen LogP contribution in [0.3, 0.4) is 0 Å². The summed E-state index contributed by atoms with van der Waals surface area (Å²) in [4.78, 5) is 12.1. The highest BCUT2D eigenvalue weighted by atomic mass is 16.1. The largest absolute Gasteiger partial charge is 0.352 e. The zero-order valence-corrected chi connectivity index (χ0v) is 13.4. The van der Waals surface area contributed by atoms with Crippen LogP contribution in [0.4, 0.5) is 0 Å². The van der Waals surface area contributed by atoms with E-state index >= 15 is 0 Å². The maximum atomic E-state index is 12.1. The number of nitrogens with zero attached hydrogens (tertiary/aromatic N) is 2. The molecule has 5 heteroatoms. The van der Waals surface area contributed by atoms with E-state index in [1.165, 1.54) is 0 Å². The SMILES string of the molecule is Cc1nn(C)c(C)c1CNC(=O)C(C)CCCC(C)N. The average molecular weight is 280 g/mol. The molecule has 0 saturated heterocycles. The molecule has 114 valence electrons. The van der Waals surface area contributed by atoms with E-state index in [1.807, 2.05) is 39.4 Å². The highest BCUT2D eigenvalue weighted by molar-refractivity contribution is 5.78. The van der Waals surface area contributed by atoms with E-state index in [0.717, 1.165) is 36.2 Å². The van der Waals surface area contributed by atoms with Gasteiger partial charge in [0.05, 0.1) is 5.69 Å². The normalized spacial score (nSPS) is 14.1. The lowest BCUT2D eigenvalue weighted by Gasteiger charge is -2.13. The molecule has 1 aromatic rings. The van der Waals surface area contributed by atoms with Crippen LogP contribution in [0.5, 0.6) is 0 Å². The summed E-state index contributed by atoms with van der Waals surface area (Å²) in [6.07, 6.45) is 2.86. The number of hydrogen-bond acceptors (Lipinski definition) is 3. The highest BCUT2D eigenvalue weighted by Crippen LogP contribution is 2.13. The Kier molecular flexibility index (Phi) is 6.20. The van der Waals surface area contributed by atoms with Crippen LogP contribution in [0, 0.1) is 19.8 Å². The number of hydrogen-bond donors (Lipinski definition) is 2. The van der Waals surface area contributed by atoms with E-state index in [1.54, 1.807) is 0 Å². The molecule has 0 radical (unpaired) electrons. The van der Waals surface area contributed by atoms with Crippen molar-refractivity contribution in [1.82, 2.24) is 15.1 Å². The molecule has 20 heavy (non-hydrogen) atoms. The van der Waals surface area contributed by atoms with Crippen LogP contribution in [-0.2, 0) is 18.4 Å². The predicted molar refractivity (Wildman–Crippen MR) is 81.2 cm³/mol. The summed E-state index contributed by atoms with van der Waals surface area (Å²) in [5.74, 6) is 0.142. The van der Waals surface area contributed by atoms with E-state index in [4.69, 9.17) is 5.73 Å². The first kappa shape index (κ1) is 16.7. The fourth-order valence-corrected chi connectivity index (χ4v) is 2.30. The number of carbonyl (C=O) groups excluding carboxylic acids is 1. The minimum Gasteiger partial charge on any atom is -0.352 e. The second-order valence-electron chi connectivity index (χ2n) is 5.80. The maximum absolute atomic E-state index is 12.1. The second kappa shape index (κ2) is 7.43. The third-order valence-electron chi connectivity index (χ3n) is 3.84. The Morgan fingerprint density at radius 1 is 1.35 bits per heavy atom. The number of nitrogens with one attached hydrogen (secondary N) is 1. The summed E-state index contributed by atoms with van der Waals surface area (Å²) in [5.41, 5.74) is 8.92. The topological polar surface area (TPSA) is 72.9 Å². The van der Waals surface area contributed by atoms with Gasteiger partial charge in [-0.25, -0.2) is 0 Å². The first-order valence-corrected chi connectivity index (χ1v) is 7.35. The molecular weight excluding hydrogens is 252 g/mol. The summed E-state index contributed by atoms with van der Waals surface area (Å²) < 4.78 is 1.85. The van der Waals surface area contributed by atoms with Gasteiger partial charge in [-0.1, -0.05) is 13.3 Å². The van der Waals surface area contributed by atoms with Crippen LogP contribution < -0.4 is 11.1 Å². The van der Waals surface area contributed by atoms with Gasteiger partial charge >= 0.3 is 0 Å². The molecule has 1 aromatic heterocycles. The highest BCUT2D eigenvalue weighted by Gasteiger charge is 2.15. The molecule has 2 unspecified atom stereocenters. The fourth-order valence-electron chi connectivity index (χ4n) is 2.30. The molecule has 1 rings (SSSR count). The summed E-state index contributed by atoms with van der Waals surface area (Å²) in [6, 6.07) is 0.214. The molecule has 5 nitrogen and oxygen atoms in total. The van der Waals surface area contributed by atoms with Gasteiger partial charge in [0.15, 0.2) is 0 Å². The number of aryl methyl sites for hydroxylation is 2. The van der Waals surface area contributed by atoms with E-state index in [2.05, 4.69) is 10.4 Å². The molecule has 0 aliphatic carbocycles. The van der Waals surface area contributed by atoms with Crippen molar-refractivity contribution in [2.45, 2.75) is 59.5 Å². The number of amides is 1. The number of aromatic nitrogens is 2. The molecule has 0 spiro atoms. The molecule has 1 amide bonds. The molecule has 0 saturated carbocycles. The Morgan fingerprint density at radius 3 is 2.50 bits per heavy atom. The van der Waals surface area contributed by atoms with Crippen molar-refractivity contribution in [1.29, 1.82) is 0 Å². The first-order valence-electron chi connectivity index (χ1n) is 7.35. The van der Waals surface area contributed by atoms with Crippen molar-refractivity contribution in [2.75, 3.05) is 0 Å². The van der Waals surface area contributed by atoms with Gasteiger partial charge in [0, 0.05) is 36.8 Å². The average Bonchev–Trinajstić information content (AvgIpc) is 2.60. The third kappa shape index (κ3) is 4.63. The van der Waals surface area contributed by atoms with Gasteiger partial charge < -0.3 is 11.1 Å². The predicted octanol–water partition coefficient (Wildman–Crippen LogP) is 1.81. The molecule has 0 bridgehead atoms. The van der Waals surface area contributed by atoms with Crippen molar-refractivity contribution in [3.63, 3.8) is 0 Å². The smallest absolute Gasteiger partial charge is 0.223 e. The van der Waals surface area contributed by atoms with E-state index in [0.29, 0.717) is 6.54 Å². The number of carbonyl (C=O) groups is 1. The van der Waals surface area contributed by atoms with Crippen LogP contribution in [0.2, 0.25) is 0 Å². The standard InChI is InChI=1S/C15H28N4O/c1-10(7-6-8-11(2)16)15(20)17-9-14-12(3)18-19(5)13(14)4/h10-11H,6-9,16H2,1-5H3,(H,17,20). The Morgan fingerprint density at radius 2 is 2.00 bits per heavy atom. The van der Waals surface area contributed by atoms with Gasteiger partial charge in [0.1, 0.15) is 0 Å². The van der Waals surface area contributed by atoms with E-state index < -0.39 is 0 Å². The zero-order valence-electron chi connectivity index (χ0n) is 13.4. The number of nitrogens with two attached hydrogens (primary N) is 1. The van der Waals surface area contributed by atoms with E-state index in [-0.39, 0.29) is 17.9 Å². The zero-order chi connectivity index (χ0) is 15.3. The van der Waals surface area contributed by atoms with Gasteiger partial charge in [-0.15, -0.1) is 0 Å². The lowest BCUT2D eigenvalue weighted by molar-refractivity contribution is -0.124. The summed E-state index contributed by atoms with van der Waals surface area (Å²) in [7, 11) is 1.92. The summed E-state index contributed by atoms with van der Waals surface area (Å²) >= 11 is 0. The molecule has 0 aliphatic rings. The monoisotopic (exact) mass is 280 g/mol. The molecule has 1 heterocycles. The number of rotatable bonds is 7. The van der Waals surface area contributed by atoms with Crippen molar-refractivity contribution in [2.24, 2.45) is 18.7 Å². The Balaban J connectivity index is 2.42.